The Morgan fingerprint density at radius 3 is 3.55 bits per heavy atom. The van der Waals surface area contributed by atoms with Crippen LogP contribution < -0.4 is 5.43 Å². The number of hydrazone groups is 1. The lowest BCUT2D eigenvalue weighted by atomic mass is 10.3. The van der Waals surface area contributed by atoms with E-state index in [1.54, 1.807) is 0 Å². The Hall–Kier alpha value is -0.770. The summed E-state index contributed by atoms with van der Waals surface area (Å²) < 4.78 is 5.30. The molecule has 0 aromatic carbocycles. The van der Waals surface area contributed by atoms with E-state index in [-0.39, 0.29) is 0 Å². The van der Waals surface area contributed by atoms with Crippen molar-refractivity contribution in [2.24, 2.45) is 5.10 Å². The number of morpholine rings is 1. The lowest BCUT2D eigenvalue weighted by Crippen LogP contribution is -2.48. The highest BCUT2D eigenvalue weighted by Gasteiger charge is 2.28. The Kier molecular flexibility index (Phi) is 1.69. The van der Waals surface area contributed by atoms with Gasteiger partial charge in [0.05, 0.1) is 13.2 Å². The number of hydrogen-bond donors (Lipinski definition) is 1. The third-order valence-electron chi connectivity index (χ3n) is 2.12. The Morgan fingerprint density at radius 2 is 2.73 bits per heavy atom. The van der Waals surface area contributed by atoms with Crippen LogP contribution in [0, 0.1) is 0 Å². The van der Waals surface area contributed by atoms with Gasteiger partial charge < -0.3 is 9.64 Å². The zero-order valence-corrected chi connectivity index (χ0v) is 6.71. The lowest BCUT2D eigenvalue weighted by Gasteiger charge is -2.30. The van der Waals surface area contributed by atoms with Crippen LogP contribution in [0.25, 0.3) is 0 Å². The van der Waals surface area contributed by atoms with Crippen LogP contribution in [0.1, 0.15) is 13.3 Å². The van der Waals surface area contributed by atoms with Gasteiger partial charge in [0, 0.05) is 13.0 Å². The van der Waals surface area contributed by atoms with Gasteiger partial charge in [0.1, 0.15) is 12.0 Å². The number of rotatable bonds is 1. The van der Waals surface area contributed by atoms with Gasteiger partial charge in [0.2, 0.25) is 0 Å². The number of fused-ring (bicyclic) bond motifs is 1. The van der Waals surface area contributed by atoms with Gasteiger partial charge in [0.25, 0.3) is 0 Å². The van der Waals surface area contributed by atoms with Gasteiger partial charge in [-0.3, -0.25) is 5.43 Å². The second-order valence-corrected chi connectivity index (χ2v) is 2.79. The number of ether oxygens (including phenoxy) is 1. The Balaban J connectivity index is 2.05. The molecule has 2 aliphatic rings. The summed E-state index contributed by atoms with van der Waals surface area (Å²) in [6.45, 7) is 4.69. The first-order valence-corrected chi connectivity index (χ1v) is 4.08. The van der Waals surface area contributed by atoms with E-state index >= 15 is 0 Å². The molecule has 1 saturated heterocycles. The monoisotopic (exact) mass is 155 g/mol. The maximum atomic E-state index is 5.30. The van der Waals surface area contributed by atoms with Gasteiger partial charge >= 0.3 is 0 Å². The van der Waals surface area contributed by atoms with E-state index in [1.165, 1.54) is 5.84 Å². The average molecular weight is 155 g/mol. The molecule has 0 amide bonds. The summed E-state index contributed by atoms with van der Waals surface area (Å²) >= 11 is 0. The molecule has 4 nitrogen and oxygen atoms in total. The van der Waals surface area contributed by atoms with Crippen LogP contribution in [0.3, 0.4) is 0 Å². The molecule has 1 fully saturated rings. The molecule has 62 valence electrons. The Bertz CT molecular complexity index is 181. The molecular formula is C7H13N3O. The molecule has 1 unspecified atom stereocenters. The van der Waals surface area contributed by atoms with Crippen molar-refractivity contribution in [2.75, 3.05) is 19.8 Å². The molecule has 0 spiro atoms. The molecule has 4 heteroatoms. The predicted molar refractivity (Wildman–Crippen MR) is 42.2 cm³/mol. The number of amidine groups is 1. The van der Waals surface area contributed by atoms with E-state index in [0.717, 1.165) is 26.2 Å². The number of nitrogens with one attached hydrogen (secondary N) is 1. The normalized spacial score (nSPS) is 29.4. The topological polar surface area (TPSA) is 36.9 Å². The minimum Gasteiger partial charge on any atom is -0.375 e. The van der Waals surface area contributed by atoms with Crippen molar-refractivity contribution < 1.29 is 4.74 Å². The van der Waals surface area contributed by atoms with Gasteiger partial charge in [-0.05, 0) is 0 Å². The summed E-state index contributed by atoms with van der Waals surface area (Å²) in [6, 6.07) is 0. The van der Waals surface area contributed by atoms with Crippen LogP contribution >= 0.6 is 0 Å². The van der Waals surface area contributed by atoms with Crippen LogP contribution in [-0.4, -0.2) is 36.7 Å². The van der Waals surface area contributed by atoms with Crippen molar-refractivity contribution >= 4 is 5.84 Å². The van der Waals surface area contributed by atoms with Crippen LogP contribution in [0.4, 0.5) is 0 Å². The Morgan fingerprint density at radius 1 is 1.82 bits per heavy atom. The molecule has 11 heavy (non-hydrogen) atoms. The number of hydrogen-bond acceptors (Lipinski definition) is 4. The molecule has 1 atom stereocenters. The average Bonchev–Trinajstić information content (AvgIpc) is 2.47. The zero-order chi connectivity index (χ0) is 7.68. The third kappa shape index (κ3) is 1.07. The minimum atomic E-state index is 0.304. The molecule has 0 radical (unpaired) electrons. The van der Waals surface area contributed by atoms with Crippen LogP contribution in [-0.2, 0) is 4.74 Å². The van der Waals surface area contributed by atoms with Crippen molar-refractivity contribution in [3.8, 4) is 0 Å². The van der Waals surface area contributed by atoms with Crippen LogP contribution in [0.15, 0.2) is 5.10 Å². The maximum Gasteiger partial charge on any atom is 0.140 e. The smallest absolute Gasteiger partial charge is 0.140 e. The molecule has 0 bridgehead atoms. The summed E-state index contributed by atoms with van der Waals surface area (Å²) in [6.07, 6.45) is 1.31. The fourth-order valence-electron chi connectivity index (χ4n) is 1.51. The second kappa shape index (κ2) is 2.70. The quantitative estimate of drug-likeness (QED) is 0.578. The highest BCUT2D eigenvalue weighted by atomic mass is 16.5. The van der Waals surface area contributed by atoms with E-state index in [2.05, 4.69) is 22.4 Å². The minimum absolute atomic E-state index is 0.304. The molecule has 0 aromatic heterocycles. The van der Waals surface area contributed by atoms with Gasteiger partial charge in [-0.25, -0.2) is 0 Å². The highest BCUT2D eigenvalue weighted by Crippen LogP contribution is 2.12. The van der Waals surface area contributed by atoms with E-state index < -0.39 is 0 Å². The van der Waals surface area contributed by atoms with Crippen molar-refractivity contribution in [3.63, 3.8) is 0 Å². The first kappa shape index (κ1) is 6.91. The van der Waals surface area contributed by atoms with Crippen molar-refractivity contribution in [2.45, 2.75) is 19.5 Å². The summed E-state index contributed by atoms with van der Waals surface area (Å²) in [4.78, 5) is 2.28. The zero-order valence-electron chi connectivity index (χ0n) is 6.71. The Labute approximate surface area is 66.2 Å². The lowest BCUT2D eigenvalue weighted by molar-refractivity contribution is 0.0228. The van der Waals surface area contributed by atoms with Gasteiger partial charge in [0.15, 0.2) is 0 Å². The van der Waals surface area contributed by atoms with Gasteiger partial charge in [-0.2, -0.15) is 5.10 Å². The van der Waals surface area contributed by atoms with Gasteiger partial charge in [-0.15, -0.1) is 0 Å². The fourth-order valence-corrected chi connectivity index (χ4v) is 1.51. The second-order valence-electron chi connectivity index (χ2n) is 2.79. The van der Waals surface area contributed by atoms with Crippen molar-refractivity contribution in [1.29, 1.82) is 0 Å². The molecule has 2 aliphatic heterocycles. The van der Waals surface area contributed by atoms with Crippen LogP contribution in [0.2, 0.25) is 0 Å². The number of nitrogens with zero attached hydrogens (tertiary/aromatic N) is 2. The summed E-state index contributed by atoms with van der Waals surface area (Å²) in [7, 11) is 0. The molecule has 0 aliphatic carbocycles. The largest absolute Gasteiger partial charge is 0.375 e. The van der Waals surface area contributed by atoms with Gasteiger partial charge in [-0.1, -0.05) is 6.92 Å². The van der Waals surface area contributed by atoms with Crippen molar-refractivity contribution in [3.05, 3.63) is 0 Å². The van der Waals surface area contributed by atoms with Crippen molar-refractivity contribution in [1.82, 2.24) is 10.3 Å². The highest BCUT2D eigenvalue weighted by molar-refractivity contribution is 5.83. The summed E-state index contributed by atoms with van der Waals surface area (Å²) in [5.41, 5.74) is 3.05. The van der Waals surface area contributed by atoms with E-state index in [9.17, 15) is 0 Å². The molecular weight excluding hydrogens is 142 g/mol. The SMILES string of the molecule is CCC1=NNC2COCCN12. The predicted octanol–water partition coefficient (Wildman–Crippen LogP) is -0.0286. The standard InChI is InChI=1S/C7H13N3O/c1-2-6-8-9-7-5-11-4-3-10(6)7/h7,9H,2-5H2,1H3. The van der Waals surface area contributed by atoms with E-state index in [0.29, 0.717) is 6.17 Å². The molecule has 0 aromatic rings. The molecule has 1 N–H and O–H groups in total. The van der Waals surface area contributed by atoms with Crippen LogP contribution in [0.5, 0.6) is 0 Å². The van der Waals surface area contributed by atoms with E-state index in [1.807, 2.05) is 0 Å². The first-order valence-electron chi connectivity index (χ1n) is 4.08. The van der Waals surface area contributed by atoms with E-state index in [4.69, 9.17) is 4.74 Å². The fraction of sp³-hybridized carbons (Fsp3) is 0.857. The molecule has 0 saturated carbocycles. The summed E-state index contributed by atoms with van der Waals surface area (Å²) in [5, 5.41) is 4.21. The first-order chi connectivity index (χ1) is 5.42. The molecule has 2 rings (SSSR count). The molecule has 2 heterocycles. The maximum absolute atomic E-state index is 5.30. The summed E-state index contributed by atoms with van der Waals surface area (Å²) in [5.74, 6) is 1.17. The third-order valence-corrected chi connectivity index (χ3v) is 2.12.